The van der Waals surface area contributed by atoms with Crippen LogP contribution in [0.15, 0.2) is 61.2 Å². The second-order valence-electron chi connectivity index (χ2n) is 11.9. The molecule has 3 aliphatic heterocycles. The maximum atomic E-state index is 15.0. The molecule has 0 radical (unpaired) electrons. The summed E-state index contributed by atoms with van der Waals surface area (Å²) in [6.45, 7) is 11.2. The number of anilines is 1. The van der Waals surface area contributed by atoms with Gasteiger partial charge in [-0.3, -0.25) is 14.4 Å². The Bertz CT molecular complexity index is 1360. The first-order valence-electron chi connectivity index (χ1n) is 14.6. The van der Waals surface area contributed by atoms with Crippen molar-refractivity contribution in [2.75, 3.05) is 24.7 Å². The van der Waals surface area contributed by atoms with Crippen LogP contribution in [0.3, 0.4) is 0 Å². The van der Waals surface area contributed by atoms with Gasteiger partial charge in [-0.25, -0.2) is 0 Å². The van der Waals surface area contributed by atoms with Crippen molar-refractivity contribution in [3.8, 4) is 0 Å². The monoisotopic (exact) mass is 594 g/mol. The molecule has 2 amide bonds. The molecule has 1 spiro atoms. The molecule has 7 atom stereocenters. The molecule has 3 unspecified atom stereocenters. The van der Waals surface area contributed by atoms with E-state index in [2.05, 4.69) is 6.58 Å². The number of amides is 2. The van der Waals surface area contributed by atoms with E-state index in [0.717, 1.165) is 11.1 Å². The summed E-state index contributed by atoms with van der Waals surface area (Å²) in [5.74, 6) is -3.24. The van der Waals surface area contributed by atoms with Crippen LogP contribution in [0.5, 0.6) is 0 Å². The lowest BCUT2D eigenvalue weighted by Crippen LogP contribution is -2.59. The van der Waals surface area contributed by atoms with Crippen molar-refractivity contribution in [3.63, 3.8) is 0 Å². The molecule has 42 heavy (non-hydrogen) atoms. The quantitative estimate of drug-likeness (QED) is 0.325. The molecule has 5 rings (SSSR count). The molecule has 0 aromatic heterocycles. The number of aryl methyl sites for hydroxylation is 1. The van der Waals surface area contributed by atoms with Crippen LogP contribution in [-0.4, -0.2) is 70.8 Å². The van der Waals surface area contributed by atoms with Gasteiger partial charge >= 0.3 is 5.97 Å². The molecule has 3 heterocycles. The first-order valence-corrected chi connectivity index (χ1v) is 14.9. The third-order valence-corrected chi connectivity index (χ3v) is 9.79. The van der Waals surface area contributed by atoms with Crippen molar-refractivity contribution in [1.82, 2.24) is 4.90 Å². The Balaban J connectivity index is 1.68. The molecule has 9 heteroatoms. The topological polar surface area (TPSA) is 96.4 Å². The second-order valence-corrected chi connectivity index (χ2v) is 12.3. The Kier molecular flexibility index (Phi) is 8.27. The minimum absolute atomic E-state index is 0.136. The van der Waals surface area contributed by atoms with E-state index in [0.29, 0.717) is 23.6 Å². The zero-order chi connectivity index (χ0) is 30.4. The largest absolute Gasteiger partial charge is 0.466 e. The van der Waals surface area contributed by atoms with Gasteiger partial charge < -0.3 is 24.4 Å². The average molecular weight is 595 g/mol. The van der Waals surface area contributed by atoms with Crippen LogP contribution < -0.4 is 4.90 Å². The van der Waals surface area contributed by atoms with E-state index >= 15 is 0 Å². The van der Waals surface area contributed by atoms with Gasteiger partial charge in [-0.1, -0.05) is 67.1 Å². The molecule has 2 aromatic rings. The first kappa shape index (κ1) is 30.3. The average Bonchev–Trinajstić information content (AvgIpc) is 3.48. The van der Waals surface area contributed by atoms with Crippen molar-refractivity contribution < 1.29 is 29.0 Å². The molecule has 8 nitrogen and oxygen atoms in total. The highest BCUT2D eigenvalue weighted by Crippen LogP contribution is 2.65. The van der Waals surface area contributed by atoms with Gasteiger partial charge in [-0.2, -0.15) is 0 Å². The number of hydrogen-bond donors (Lipinski definition) is 1. The fourth-order valence-corrected chi connectivity index (χ4v) is 7.93. The van der Waals surface area contributed by atoms with E-state index in [1.165, 1.54) is 4.90 Å². The van der Waals surface area contributed by atoms with E-state index in [9.17, 15) is 19.5 Å². The Labute approximate surface area is 252 Å². The third kappa shape index (κ3) is 4.55. The number of carbonyl (C=O) groups is 3. The number of ether oxygens (including phenoxy) is 2. The number of likely N-dealkylation sites (tertiary alicyclic amines) is 1. The van der Waals surface area contributed by atoms with Gasteiger partial charge in [0.25, 0.3) is 5.91 Å². The van der Waals surface area contributed by atoms with Gasteiger partial charge in [0.2, 0.25) is 5.91 Å². The number of hydrogen-bond acceptors (Lipinski definition) is 6. The zero-order valence-corrected chi connectivity index (χ0v) is 25.3. The molecule has 1 N–H and O–H groups in total. The Morgan fingerprint density at radius 3 is 2.60 bits per heavy atom. The first-order chi connectivity index (χ1) is 20.0. The van der Waals surface area contributed by atoms with Crippen LogP contribution >= 0.6 is 11.6 Å². The standard InChI is InChI=1S/C33H39ClN2O6/c1-6-16-35(27-20(3)12-11-15-24(27)34)30(39)28-33-18-21(4)32(5,42-33)26(31(40)41-7-2)25(33)29(38)36(28)23(19-37)17-22-13-9-8-10-14-22/h6,8-15,21,23,25-26,28,37H,1,7,16-19H2,2-5H3/t21?,23-,25+,26+,28?,32-,33?/m1/s1. The van der Waals surface area contributed by atoms with Gasteiger partial charge in [0, 0.05) is 6.54 Å². The Morgan fingerprint density at radius 1 is 1.26 bits per heavy atom. The summed E-state index contributed by atoms with van der Waals surface area (Å²) < 4.78 is 12.3. The maximum absolute atomic E-state index is 15.0. The number of aliphatic hydroxyl groups is 1. The number of rotatable bonds is 10. The minimum atomic E-state index is -1.29. The number of esters is 1. The fourth-order valence-electron chi connectivity index (χ4n) is 7.61. The molecular weight excluding hydrogens is 556 g/mol. The lowest BCUT2D eigenvalue weighted by molar-refractivity contribution is -0.162. The van der Waals surface area contributed by atoms with Crippen LogP contribution in [0.4, 0.5) is 5.69 Å². The highest BCUT2D eigenvalue weighted by molar-refractivity contribution is 6.34. The van der Waals surface area contributed by atoms with Gasteiger partial charge in [-0.15, -0.1) is 6.58 Å². The lowest BCUT2D eigenvalue weighted by atomic mass is 9.62. The number of halogens is 1. The predicted octanol–water partition coefficient (Wildman–Crippen LogP) is 4.34. The Morgan fingerprint density at radius 2 is 1.98 bits per heavy atom. The fraction of sp³-hybridized carbons (Fsp3) is 0.485. The summed E-state index contributed by atoms with van der Waals surface area (Å²) in [4.78, 5) is 46.1. The number of nitrogens with zero attached hydrogens (tertiary/aromatic N) is 2. The molecule has 2 bridgehead atoms. The van der Waals surface area contributed by atoms with Crippen molar-refractivity contribution in [2.45, 2.75) is 63.8 Å². The van der Waals surface area contributed by atoms with Gasteiger partial charge in [0.1, 0.15) is 17.6 Å². The normalized spacial score (nSPS) is 30.2. The number of carbonyl (C=O) groups excluding carboxylic acids is 3. The van der Waals surface area contributed by atoms with Crippen LogP contribution in [-0.2, 0) is 30.3 Å². The van der Waals surface area contributed by atoms with E-state index in [-0.39, 0.29) is 31.6 Å². The molecule has 3 aliphatic rings. The van der Waals surface area contributed by atoms with Crippen molar-refractivity contribution in [2.24, 2.45) is 17.8 Å². The maximum Gasteiger partial charge on any atom is 0.312 e. The summed E-state index contributed by atoms with van der Waals surface area (Å²) in [7, 11) is 0. The summed E-state index contributed by atoms with van der Waals surface area (Å²) in [5.41, 5.74) is -0.0731. The number of aliphatic hydroxyl groups excluding tert-OH is 1. The van der Waals surface area contributed by atoms with Crippen molar-refractivity contribution in [3.05, 3.63) is 77.3 Å². The third-order valence-electron chi connectivity index (χ3n) is 9.48. The molecular formula is C33H39ClN2O6. The van der Waals surface area contributed by atoms with Crippen molar-refractivity contribution in [1.29, 1.82) is 0 Å². The van der Waals surface area contributed by atoms with E-state index in [1.807, 2.05) is 63.2 Å². The molecule has 3 saturated heterocycles. The summed E-state index contributed by atoms with van der Waals surface area (Å²) in [5, 5.41) is 11.1. The zero-order valence-electron chi connectivity index (χ0n) is 24.6. The molecule has 0 saturated carbocycles. The SMILES string of the molecule is C=CCN(C(=O)C1N([C@@H](CO)Cc2ccccc2)C(=O)[C@@H]2[C@@H](C(=O)OCC)[C@]3(C)OC12CC3C)c1c(C)cccc1Cl. The van der Waals surface area contributed by atoms with Gasteiger partial charge in [0.15, 0.2) is 0 Å². The smallest absolute Gasteiger partial charge is 0.312 e. The predicted molar refractivity (Wildman–Crippen MR) is 160 cm³/mol. The van der Waals surface area contributed by atoms with Crippen LogP contribution in [0.2, 0.25) is 5.02 Å². The summed E-state index contributed by atoms with van der Waals surface area (Å²) in [6, 6.07) is 13.1. The van der Waals surface area contributed by atoms with Crippen molar-refractivity contribution >= 4 is 35.1 Å². The lowest BCUT2D eigenvalue weighted by Gasteiger charge is -2.40. The van der Waals surface area contributed by atoms with Crippen LogP contribution in [0, 0.1) is 24.7 Å². The molecule has 224 valence electrons. The number of para-hydroxylation sites is 1. The van der Waals surface area contributed by atoms with Crippen LogP contribution in [0.1, 0.15) is 38.3 Å². The van der Waals surface area contributed by atoms with E-state index in [4.69, 9.17) is 21.1 Å². The summed E-state index contributed by atoms with van der Waals surface area (Å²) >= 11 is 6.66. The van der Waals surface area contributed by atoms with E-state index in [1.54, 1.807) is 24.0 Å². The molecule has 0 aliphatic carbocycles. The highest BCUT2D eigenvalue weighted by Gasteiger charge is 2.80. The number of benzene rings is 2. The van der Waals surface area contributed by atoms with E-state index < -0.39 is 47.0 Å². The molecule has 2 aromatic carbocycles. The van der Waals surface area contributed by atoms with Gasteiger partial charge in [0.05, 0.1) is 41.5 Å². The Hall–Kier alpha value is -3.20. The highest BCUT2D eigenvalue weighted by atomic mass is 35.5. The number of fused-ring (bicyclic) bond motifs is 1. The van der Waals surface area contributed by atoms with Gasteiger partial charge in [-0.05, 0) is 56.7 Å². The van der Waals surface area contributed by atoms with Crippen LogP contribution in [0.25, 0.3) is 0 Å². The molecule has 3 fully saturated rings. The summed E-state index contributed by atoms with van der Waals surface area (Å²) in [6.07, 6.45) is 2.33. The second kappa shape index (κ2) is 11.5. The minimum Gasteiger partial charge on any atom is -0.466 e.